The largest absolute Gasteiger partial charge is 0.346 e. The van der Waals surface area contributed by atoms with Crippen LogP contribution in [-0.2, 0) is 31.2 Å². The van der Waals surface area contributed by atoms with E-state index in [0.29, 0.717) is 24.2 Å². The zero-order valence-corrected chi connectivity index (χ0v) is 19.6. The van der Waals surface area contributed by atoms with Crippen molar-refractivity contribution in [3.8, 4) is 0 Å². The molecule has 2 amide bonds. The van der Waals surface area contributed by atoms with Crippen molar-refractivity contribution in [1.82, 2.24) is 24.1 Å². The highest BCUT2D eigenvalue weighted by atomic mass is 16.2. The number of aryl methyl sites for hydroxylation is 3. The van der Waals surface area contributed by atoms with E-state index in [1.807, 2.05) is 15.9 Å². The summed E-state index contributed by atoms with van der Waals surface area (Å²) in [6.45, 7) is 4.72. The van der Waals surface area contributed by atoms with Gasteiger partial charge in [-0.15, -0.1) is 0 Å². The molecule has 0 N–H and O–H groups in total. The number of likely N-dealkylation sites (tertiary alicyclic amines) is 2. The van der Waals surface area contributed by atoms with Crippen molar-refractivity contribution in [2.45, 2.75) is 52.0 Å². The number of hydrogen-bond donors (Lipinski definition) is 0. The van der Waals surface area contributed by atoms with Gasteiger partial charge in [-0.05, 0) is 80.5 Å². The predicted molar refractivity (Wildman–Crippen MR) is 124 cm³/mol. The minimum absolute atomic E-state index is 0.0131. The van der Waals surface area contributed by atoms with Crippen LogP contribution in [0.4, 0.5) is 0 Å². The Morgan fingerprint density at radius 3 is 2.55 bits per heavy atom. The van der Waals surface area contributed by atoms with Gasteiger partial charge >= 0.3 is 5.69 Å². The van der Waals surface area contributed by atoms with Gasteiger partial charge in [-0.25, -0.2) is 9.48 Å². The number of piperidine rings is 1. The molecule has 8 heteroatoms. The highest BCUT2D eigenvalue weighted by Gasteiger charge is 2.35. The van der Waals surface area contributed by atoms with Crippen molar-refractivity contribution in [3.63, 3.8) is 0 Å². The molecule has 2 saturated heterocycles. The molecule has 1 aliphatic carbocycles. The van der Waals surface area contributed by atoms with Crippen LogP contribution in [0.15, 0.2) is 23.0 Å². The minimum Gasteiger partial charge on any atom is -0.341 e. The summed E-state index contributed by atoms with van der Waals surface area (Å²) in [6.07, 6.45) is 6.42. The van der Waals surface area contributed by atoms with E-state index in [4.69, 9.17) is 0 Å². The average molecular weight is 452 g/mol. The maximum atomic E-state index is 13.1. The number of rotatable bonds is 4. The first-order valence-electron chi connectivity index (χ1n) is 12.2. The minimum atomic E-state index is -0.258. The molecule has 2 aromatic rings. The maximum Gasteiger partial charge on any atom is 0.346 e. The van der Waals surface area contributed by atoms with Crippen molar-refractivity contribution in [2.75, 3.05) is 26.2 Å². The maximum absolute atomic E-state index is 13.1. The first-order chi connectivity index (χ1) is 15.9. The third-order valence-electron chi connectivity index (χ3n) is 7.88. The molecule has 3 heterocycles. The van der Waals surface area contributed by atoms with Crippen molar-refractivity contribution in [2.24, 2.45) is 18.9 Å². The molecule has 0 bridgehead atoms. The van der Waals surface area contributed by atoms with E-state index in [0.717, 1.165) is 57.3 Å². The Morgan fingerprint density at radius 2 is 1.76 bits per heavy atom. The van der Waals surface area contributed by atoms with Crippen molar-refractivity contribution in [3.05, 3.63) is 51.2 Å². The van der Waals surface area contributed by atoms with Crippen molar-refractivity contribution < 1.29 is 9.59 Å². The summed E-state index contributed by atoms with van der Waals surface area (Å²) in [5.41, 5.74) is 3.28. The Balaban J connectivity index is 1.19. The van der Waals surface area contributed by atoms with Crippen LogP contribution in [0.2, 0.25) is 0 Å². The van der Waals surface area contributed by atoms with Gasteiger partial charge in [-0.2, -0.15) is 5.10 Å². The zero-order valence-electron chi connectivity index (χ0n) is 19.6. The van der Waals surface area contributed by atoms with E-state index >= 15 is 0 Å². The molecule has 2 aliphatic heterocycles. The van der Waals surface area contributed by atoms with Crippen molar-refractivity contribution in [1.29, 1.82) is 0 Å². The highest BCUT2D eigenvalue weighted by molar-refractivity contribution is 5.94. The van der Waals surface area contributed by atoms with Crippen LogP contribution >= 0.6 is 0 Å². The van der Waals surface area contributed by atoms with Gasteiger partial charge in [0.2, 0.25) is 5.91 Å². The van der Waals surface area contributed by atoms with Gasteiger partial charge in [0.25, 0.3) is 5.91 Å². The zero-order chi connectivity index (χ0) is 23.1. The van der Waals surface area contributed by atoms with Gasteiger partial charge in [0.05, 0.1) is 0 Å². The van der Waals surface area contributed by atoms with E-state index in [9.17, 15) is 14.4 Å². The number of hydrogen-bond acceptors (Lipinski definition) is 4. The molecule has 1 aromatic heterocycles. The first-order valence-corrected chi connectivity index (χ1v) is 12.2. The predicted octanol–water partition coefficient (Wildman–Crippen LogP) is 1.78. The smallest absolute Gasteiger partial charge is 0.341 e. The average Bonchev–Trinajstić information content (AvgIpc) is 3.55. The van der Waals surface area contributed by atoms with E-state index < -0.39 is 0 Å². The van der Waals surface area contributed by atoms with E-state index in [2.05, 4.69) is 17.2 Å². The molecule has 176 valence electrons. The van der Waals surface area contributed by atoms with E-state index in [1.54, 1.807) is 14.0 Å². The van der Waals surface area contributed by atoms with Gasteiger partial charge in [0.1, 0.15) is 12.4 Å². The molecule has 2 fully saturated rings. The van der Waals surface area contributed by atoms with Gasteiger partial charge < -0.3 is 9.80 Å². The van der Waals surface area contributed by atoms with E-state index in [1.165, 1.54) is 26.8 Å². The number of carbonyl (C=O) groups is 2. The second kappa shape index (κ2) is 8.80. The molecule has 0 saturated carbocycles. The fraction of sp³-hybridized carbons (Fsp3) is 0.600. The number of amides is 2. The Kier molecular flexibility index (Phi) is 5.85. The Morgan fingerprint density at radius 1 is 1.00 bits per heavy atom. The van der Waals surface area contributed by atoms with Gasteiger partial charge in [-0.3, -0.25) is 14.2 Å². The summed E-state index contributed by atoms with van der Waals surface area (Å²) in [7, 11) is 1.67. The molecule has 8 nitrogen and oxygen atoms in total. The second-order valence-corrected chi connectivity index (χ2v) is 9.93. The van der Waals surface area contributed by atoms with Crippen LogP contribution in [0.5, 0.6) is 0 Å². The van der Waals surface area contributed by atoms with Crippen LogP contribution in [-0.4, -0.2) is 62.1 Å². The second-order valence-electron chi connectivity index (χ2n) is 9.93. The standard InChI is InChI=1S/C25H33N5O3/c1-17-26-30(25(33)27(17)2)16-23(31)28-11-4-7-21(14-28)22-10-12-29(15-22)24(32)20-9-8-18-5-3-6-19(18)13-20/h8-9,13,21-22H,3-7,10-12,14-16H2,1-2H3. The number of fused-ring (bicyclic) bond motifs is 1. The van der Waals surface area contributed by atoms with Gasteiger partial charge in [0.15, 0.2) is 0 Å². The van der Waals surface area contributed by atoms with Crippen LogP contribution in [0, 0.1) is 18.8 Å². The van der Waals surface area contributed by atoms with Crippen LogP contribution in [0.3, 0.4) is 0 Å². The molecule has 2 atom stereocenters. The molecule has 0 radical (unpaired) electrons. The van der Waals surface area contributed by atoms with Crippen LogP contribution < -0.4 is 5.69 Å². The first kappa shape index (κ1) is 21.9. The van der Waals surface area contributed by atoms with Gasteiger partial charge in [-0.1, -0.05) is 6.07 Å². The molecular formula is C25H33N5O3. The fourth-order valence-electron chi connectivity index (χ4n) is 5.79. The summed E-state index contributed by atoms with van der Waals surface area (Å²) in [6, 6.07) is 6.21. The topological polar surface area (TPSA) is 80.4 Å². The van der Waals surface area contributed by atoms with Crippen molar-refractivity contribution >= 4 is 11.8 Å². The summed E-state index contributed by atoms with van der Waals surface area (Å²) in [5, 5.41) is 4.20. The molecule has 2 unspecified atom stereocenters. The quantitative estimate of drug-likeness (QED) is 0.710. The number of aromatic nitrogens is 3. The molecule has 0 spiro atoms. The SMILES string of the molecule is Cc1nn(CC(=O)N2CCCC(C3CCN(C(=O)c4ccc5c(c4)CCC5)C3)C2)c(=O)n1C. The van der Waals surface area contributed by atoms with E-state index in [-0.39, 0.29) is 24.0 Å². The Bertz CT molecular complexity index is 1130. The Labute approximate surface area is 194 Å². The highest BCUT2D eigenvalue weighted by Crippen LogP contribution is 2.32. The molecule has 1 aromatic carbocycles. The lowest BCUT2D eigenvalue weighted by Gasteiger charge is -2.35. The van der Waals surface area contributed by atoms with Crippen LogP contribution in [0.25, 0.3) is 0 Å². The molecule has 33 heavy (non-hydrogen) atoms. The molecule has 5 rings (SSSR count). The molecule has 3 aliphatic rings. The summed E-state index contributed by atoms with van der Waals surface area (Å²) >= 11 is 0. The fourth-order valence-corrected chi connectivity index (χ4v) is 5.79. The monoisotopic (exact) mass is 451 g/mol. The summed E-state index contributed by atoms with van der Waals surface area (Å²) < 4.78 is 2.71. The lowest BCUT2D eigenvalue weighted by molar-refractivity contribution is -0.134. The van der Waals surface area contributed by atoms with Crippen LogP contribution in [0.1, 0.15) is 53.0 Å². The summed E-state index contributed by atoms with van der Waals surface area (Å²) in [4.78, 5) is 42.1. The third kappa shape index (κ3) is 4.23. The number of nitrogens with zero attached hydrogens (tertiary/aromatic N) is 5. The van der Waals surface area contributed by atoms with Gasteiger partial charge in [0, 0.05) is 38.8 Å². The lowest BCUT2D eigenvalue weighted by atomic mass is 9.85. The Hall–Kier alpha value is -2.90. The summed E-state index contributed by atoms with van der Waals surface area (Å²) in [5.74, 6) is 1.50. The third-order valence-corrected chi connectivity index (χ3v) is 7.88. The number of carbonyl (C=O) groups excluding carboxylic acids is 2. The lowest BCUT2D eigenvalue weighted by Crippen LogP contribution is -2.45. The number of benzene rings is 1. The molecular weight excluding hydrogens is 418 g/mol. The normalized spacial score (nSPS) is 22.6.